The summed E-state index contributed by atoms with van der Waals surface area (Å²) >= 11 is 13.9. The maximum absolute atomic E-state index is 15.6. The molecule has 3 aromatic heterocycles. The van der Waals surface area contributed by atoms with E-state index < -0.39 is 5.82 Å². The van der Waals surface area contributed by atoms with Crippen LogP contribution in [0.5, 0.6) is 5.88 Å². The molecule has 0 radical (unpaired) electrons. The number of pyridine rings is 3. The molecule has 252 valence electrons. The zero-order valence-electron chi connectivity index (χ0n) is 27.1. The van der Waals surface area contributed by atoms with Crippen LogP contribution < -0.4 is 15.4 Å². The van der Waals surface area contributed by atoms with Crippen LogP contribution in [0.25, 0.3) is 22.5 Å². The van der Waals surface area contributed by atoms with Gasteiger partial charge in [0.25, 0.3) is 0 Å². The molecule has 0 aliphatic carbocycles. The number of carbonyl (C=O) groups is 1. The van der Waals surface area contributed by atoms with Gasteiger partial charge in [-0.3, -0.25) is 14.7 Å². The molecule has 10 nitrogen and oxygen atoms in total. The van der Waals surface area contributed by atoms with E-state index in [-0.39, 0.29) is 23.9 Å². The van der Waals surface area contributed by atoms with Crippen LogP contribution in [-0.2, 0) is 22.6 Å². The zero-order chi connectivity index (χ0) is 33.8. The van der Waals surface area contributed by atoms with Crippen molar-refractivity contribution in [1.82, 2.24) is 30.1 Å². The first-order valence-electron chi connectivity index (χ1n) is 15.9. The fourth-order valence-corrected chi connectivity index (χ4v) is 6.66. The molecule has 0 saturated carbocycles. The Balaban J connectivity index is 1.18. The number of piperidine rings is 1. The van der Waals surface area contributed by atoms with Crippen molar-refractivity contribution in [2.75, 3.05) is 45.7 Å². The van der Waals surface area contributed by atoms with E-state index in [2.05, 4.69) is 25.5 Å². The Morgan fingerprint density at radius 1 is 0.979 bits per heavy atom. The maximum Gasteiger partial charge on any atom is 0.219 e. The number of anilines is 2. The van der Waals surface area contributed by atoms with Gasteiger partial charge in [0.2, 0.25) is 11.8 Å². The topological polar surface area (TPSA) is 105 Å². The summed E-state index contributed by atoms with van der Waals surface area (Å²) in [6.07, 6.45) is 5.12. The molecule has 1 aromatic carbocycles. The minimum Gasteiger partial charge on any atom is -0.481 e. The smallest absolute Gasteiger partial charge is 0.219 e. The SMILES string of the molecule is COc1nc(-c2ccnc(-c3cccc(Nc4nccc(CNC5CCN(C(C)=O)CC5)c4F)c3Cl)c2Cl)ccc1CN1CC(OC)C1. The number of halogens is 3. The Kier molecular flexibility index (Phi) is 10.7. The number of nitrogens with zero attached hydrogens (tertiary/aromatic N) is 5. The molecule has 0 bridgehead atoms. The molecule has 2 fully saturated rings. The number of rotatable bonds is 11. The van der Waals surface area contributed by atoms with Gasteiger partial charge in [0.1, 0.15) is 0 Å². The van der Waals surface area contributed by atoms with Gasteiger partial charge in [-0.15, -0.1) is 0 Å². The normalized spacial score (nSPS) is 15.8. The summed E-state index contributed by atoms with van der Waals surface area (Å²) in [5.41, 5.74) is 4.23. The number of amides is 1. The lowest BCUT2D eigenvalue weighted by Gasteiger charge is -2.38. The second-order valence-electron chi connectivity index (χ2n) is 12.0. The van der Waals surface area contributed by atoms with E-state index in [9.17, 15) is 4.79 Å². The Labute approximate surface area is 289 Å². The molecule has 6 rings (SSSR count). The predicted octanol–water partition coefficient (Wildman–Crippen LogP) is 6.33. The molecule has 1 amide bonds. The van der Waals surface area contributed by atoms with Crippen LogP contribution in [0, 0.1) is 5.82 Å². The first-order chi connectivity index (χ1) is 23.2. The molecule has 2 aliphatic heterocycles. The highest BCUT2D eigenvalue weighted by Gasteiger charge is 2.27. The molecule has 0 unspecified atom stereocenters. The van der Waals surface area contributed by atoms with Crippen LogP contribution in [0.2, 0.25) is 10.0 Å². The summed E-state index contributed by atoms with van der Waals surface area (Å²) in [4.78, 5) is 29.3. The molecule has 0 spiro atoms. The van der Waals surface area contributed by atoms with E-state index >= 15 is 4.39 Å². The second kappa shape index (κ2) is 15.1. The highest BCUT2D eigenvalue weighted by atomic mass is 35.5. The molecule has 5 heterocycles. The molecular formula is C35H38Cl2FN7O3. The highest BCUT2D eigenvalue weighted by molar-refractivity contribution is 6.39. The average Bonchev–Trinajstić information content (AvgIpc) is 3.08. The van der Waals surface area contributed by atoms with Gasteiger partial charge < -0.3 is 25.0 Å². The highest BCUT2D eigenvalue weighted by Crippen LogP contribution is 2.41. The van der Waals surface area contributed by atoms with E-state index in [0.29, 0.717) is 75.9 Å². The molecule has 13 heteroatoms. The van der Waals surface area contributed by atoms with Gasteiger partial charge in [-0.25, -0.2) is 14.4 Å². The number of methoxy groups -OCH3 is 2. The van der Waals surface area contributed by atoms with Crippen molar-refractivity contribution >= 4 is 40.6 Å². The third-order valence-corrected chi connectivity index (χ3v) is 9.74. The average molecular weight is 695 g/mol. The van der Waals surface area contributed by atoms with E-state index in [0.717, 1.165) is 31.5 Å². The van der Waals surface area contributed by atoms with E-state index in [4.69, 9.17) is 37.7 Å². The van der Waals surface area contributed by atoms with Gasteiger partial charge in [0, 0.05) is 94.0 Å². The molecule has 4 aromatic rings. The van der Waals surface area contributed by atoms with Crippen LogP contribution >= 0.6 is 23.2 Å². The predicted molar refractivity (Wildman–Crippen MR) is 185 cm³/mol. The number of hydrogen-bond acceptors (Lipinski definition) is 9. The fourth-order valence-electron chi connectivity index (χ4n) is 6.09. The van der Waals surface area contributed by atoms with Crippen molar-refractivity contribution in [3.05, 3.63) is 81.8 Å². The van der Waals surface area contributed by atoms with Crippen molar-refractivity contribution < 1.29 is 18.7 Å². The van der Waals surface area contributed by atoms with Gasteiger partial charge in [0.15, 0.2) is 11.6 Å². The third-order valence-electron chi connectivity index (χ3n) is 8.95. The van der Waals surface area contributed by atoms with Crippen LogP contribution in [0.3, 0.4) is 0 Å². The van der Waals surface area contributed by atoms with Gasteiger partial charge >= 0.3 is 0 Å². The Morgan fingerprint density at radius 2 is 1.75 bits per heavy atom. The molecule has 48 heavy (non-hydrogen) atoms. The van der Waals surface area contributed by atoms with Crippen LogP contribution in [0.1, 0.15) is 30.9 Å². The monoisotopic (exact) mass is 693 g/mol. The van der Waals surface area contributed by atoms with E-state index in [1.54, 1.807) is 57.8 Å². The van der Waals surface area contributed by atoms with Crippen molar-refractivity contribution in [3.8, 4) is 28.4 Å². The van der Waals surface area contributed by atoms with Gasteiger partial charge in [-0.05, 0) is 37.1 Å². The van der Waals surface area contributed by atoms with E-state index in [1.165, 1.54) is 0 Å². The first kappa shape index (κ1) is 34.0. The number of hydrogen-bond donors (Lipinski definition) is 2. The number of aromatic nitrogens is 3. The minimum atomic E-state index is -0.470. The van der Waals surface area contributed by atoms with Crippen molar-refractivity contribution in [3.63, 3.8) is 0 Å². The molecule has 2 N–H and O–H groups in total. The number of nitrogens with one attached hydrogen (secondary N) is 2. The molecule has 2 aliphatic rings. The first-order valence-corrected chi connectivity index (χ1v) is 16.6. The Hall–Kier alpha value is -3.87. The van der Waals surface area contributed by atoms with Gasteiger partial charge in [-0.1, -0.05) is 41.4 Å². The van der Waals surface area contributed by atoms with Crippen LogP contribution in [-0.4, -0.2) is 83.2 Å². The fraction of sp³-hybridized carbons (Fsp3) is 0.371. The summed E-state index contributed by atoms with van der Waals surface area (Å²) in [5, 5.41) is 7.17. The summed E-state index contributed by atoms with van der Waals surface area (Å²) in [5.74, 6) is 0.194. The summed E-state index contributed by atoms with van der Waals surface area (Å²) < 4.78 is 26.7. The third kappa shape index (κ3) is 7.40. The zero-order valence-corrected chi connectivity index (χ0v) is 28.6. The lowest BCUT2D eigenvalue weighted by Crippen LogP contribution is -2.50. The summed E-state index contributed by atoms with van der Waals surface area (Å²) in [7, 11) is 3.33. The van der Waals surface area contributed by atoms with Crippen molar-refractivity contribution in [1.29, 1.82) is 0 Å². The van der Waals surface area contributed by atoms with Crippen molar-refractivity contribution in [2.24, 2.45) is 0 Å². The quantitative estimate of drug-likeness (QED) is 0.186. The Bertz CT molecular complexity index is 1780. The van der Waals surface area contributed by atoms with Gasteiger partial charge in [0.05, 0.1) is 40.3 Å². The number of carbonyl (C=O) groups excluding carboxylic acids is 1. The molecular weight excluding hydrogens is 656 g/mol. The molecule has 2 saturated heterocycles. The molecule has 0 atom stereocenters. The standard InChI is InChI=1S/C35H38Cl2FN7O3/c1-21(46)45-15-11-24(12-16-45)41-17-22-9-13-40-34(32(22)38)42-29-6-4-5-27(30(29)36)33-31(37)26(10-14-39-33)28-8-7-23(35(43-28)48-3)18-44-19-25(20-44)47-2/h4-10,13-14,24-25,41H,11-12,15-20H2,1-3H3,(H,40,42). The summed E-state index contributed by atoms with van der Waals surface area (Å²) in [6.45, 7) is 5.75. The maximum atomic E-state index is 15.6. The van der Waals surface area contributed by atoms with Crippen LogP contribution in [0.15, 0.2) is 54.9 Å². The van der Waals surface area contributed by atoms with E-state index in [1.807, 2.05) is 23.1 Å². The number of ether oxygens (including phenoxy) is 2. The largest absolute Gasteiger partial charge is 0.481 e. The summed E-state index contributed by atoms with van der Waals surface area (Å²) in [6, 6.07) is 12.9. The lowest BCUT2D eigenvalue weighted by molar-refractivity contribution is -0.129. The second-order valence-corrected chi connectivity index (χ2v) is 12.8. The Morgan fingerprint density at radius 3 is 2.48 bits per heavy atom. The number of benzene rings is 1. The minimum absolute atomic E-state index is 0.0555. The van der Waals surface area contributed by atoms with Crippen molar-refractivity contribution in [2.45, 2.75) is 45.0 Å². The van der Waals surface area contributed by atoms with Crippen LogP contribution in [0.4, 0.5) is 15.9 Å². The number of likely N-dealkylation sites (tertiary alicyclic amines) is 2. The van der Waals surface area contributed by atoms with Gasteiger partial charge in [-0.2, -0.15) is 0 Å². The lowest BCUT2D eigenvalue weighted by atomic mass is 10.0.